The number of aromatic nitrogens is 1. The zero-order valence-electron chi connectivity index (χ0n) is 19.0. The maximum absolute atomic E-state index is 12.4. The summed E-state index contributed by atoms with van der Waals surface area (Å²) in [5.41, 5.74) is 8.39. The van der Waals surface area contributed by atoms with Crippen LogP contribution in [0.1, 0.15) is 44.6 Å². The quantitative estimate of drug-likeness (QED) is 0.346. The largest absolute Gasteiger partial charge is 0.462 e. The molecule has 1 heterocycles. The van der Waals surface area contributed by atoms with E-state index >= 15 is 0 Å². The highest BCUT2D eigenvalue weighted by atomic mass is 16.5. The highest BCUT2D eigenvalue weighted by molar-refractivity contribution is 5.96. The molecule has 0 atom stereocenters. The van der Waals surface area contributed by atoms with Crippen LogP contribution in [0.2, 0.25) is 0 Å². The Labute approximate surface area is 188 Å². The summed E-state index contributed by atoms with van der Waals surface area (Å²) in [4.78, 5) is 26.2. The number of rotatable bonds is 7. The Bertz CT molecular complexity index is 1140. The van der Waals surface area contributed by atoms with Crippen LogP contribution >= 0.6 is 0 Å². The Morgan fingerprint density at radius 2 is 1.78 bits per heavy atom. The Morgan fingerprint density at radius 1 is 1.06 bits per heavy atom. The van der Waals surface area contributed by atoms with Gasteiger partial charge in [-0.1, -0.05) is 6.07 Å². The van der Waals surface area contributed by atoms with E-state index in [2.05, 4.69) is 15.1 Å². The summed E-state index contributed by atoms with van der Waals surface area (Å²) in [5, 5.41) is 4.15. The van der Waals surface area contributed by atoms with Crippen molar-refractivity contribution in [3.8, 4) is 5.69 Å². The van der Waals surface area contributed by atoms with Crippen LogP contribution in [-0.2, 0) is 4.74 Å². The van der Waals surface area contributed by atoms with Crippen molar-refractivity contribution in [3.05, 3.63) is 82.7 Å². The fourth-order valence-corrected chi connectivity index (χ4v) is 3.43. The lowest BCUT2D eigenvalue weighted by Gasteiger charge is -2.12. The van der Waals surface area contributed by atoms with Gasteiger partial charge in [0.1, 0.15) is 0 Å². The normalized spacial score (nSPS) is 10.9. The third kappa shape index (κ3) is 5.06. The van der Waals surface area contributed by atoms with Gasteiger partial charge in [0.05, 0.1) is 18.4 Å². The van der Waals surface area contributed by atoms with E-state index < -0.39 is 0 Å². The first-order chi connectivity index (χ1) is 15.3. The zero-order valence-corrected chi connectivity index (χ0v) is 19.0. The molecular weight excluding hydrogens is 404 g/mol. The molecule has 32 heavy (non-hydrogen) atoms. The molecule has 0 aliphatic heterocycles. The second kappa shape index (κ2) is 9.96. The van der Waals surface area contributed by atoms with Gasteiger partial charge in [-0.25, -0.2) is 10.2 Å². The first-order valence-corrected chi connectivity index (χ1v) is 10.4. The number of amides is 1. The lowest BCUT2D eigenvalue weighted by molar-refractivity contribution is 0.0526. The predicted octanol–water partition coefficient (Wildman–Crippen LogP) is 4.10. The smallest absolute Gasteiger partial charge is 0.338 e. The first kappa shape index (κ1) is 22.8. The van der Waals surface area contributed by atoms with Crippen molar-refractivity contribution in [2.75, 3.05) is 25.6 Å². The third-order valence-corrected chi connectivity index (χ3v) is 5.10. The van der Waals surface area contributed by atoms with Crippen molar-refractivity contribution >= 4 is 23.8 Å². The van der Waals surface area contributed by atoms with Crippen LogP contribution in [0.15, 0.2) is 59.7 Å². The fourth-order valence-electron chi connectivity index (χ4n) is 3.43. The summed E-state index contributed by atoms with van der Waals surface area (Å²) in [6, 6.07) is 16.6. The van der Waals surface area contributed by atoms with E-state index in [1.54, 1.807) is 31.3 Å². The lowest BCUT2D eigenvalue weighted by atomic mass is 10.2. The molecule has 7 nitrogen and oxygen atoms in total. The molecular formula is C25H28N4O3. The molecule has 0 aliphatic rings. The molecule has 0 unspecified atom stereocenters. The molecule has 2 aromatic carbocycles. The summed E-state index contributed by atoms with van der Waals surface area (Å²) in [5.74, 6) is -0.604. The lowest BCUT2D eigenvalue weighted by Crippen LogP contribution is -2.18. The SMILES string of the molecule is CCOC(=O)c1ccc(-n2c(C)cc(/C=N\NC(=O)c3cccc(N(C)C)c3)c2C)cc1. The van der Waals surface area contributed by atoms with E-state index in [1.807, 2.05) is 69.2 Å². The van der Waals surface area contributed by atoms with Gasteiger partial charge in [0, 0.05) is 48.0 Å². The van der Waals surface area contributed by atoms with Gasteiger partial charge in [0.15, 0.2) is 0 Å². The van der Waals surface area contributed by atoms with Crippen molar-refractivity contribution in [2.45, 2.75) is 20.8 Å². The number of nitrogens with zero attached hydrogens (tertiary/aromatic N) is 3. The Kier molecular flexibility index (Phi) is 7.10. The fraction of sp³-hybridized carbons (Fsp3) is 0.240. The van der Waals surface area contributed by atoms with Crippen LogP contribution in [-0.4, -0.2) is 43.4 Å². The van der Waals surface area contributed by atoms with Crippen LogP contribution in [0.3, 0.4) is 0 Å². The van der Waals surface area contributed by atoms with Crippen molar-refractivity contribution in [2.24, 2.45) is 5.10 Å². The number of aryl methyl sites for hydroxylation is 1. The van der Waals surface area contributed by atoms with Crippen LogP contribution < -0.4 is 10.3 Å². The number of benzene rings is 2. The Morgan fingerprint density at radius 3 is 2.44 bits per heavy atom. The molecule has 0 spiro atoms. The van der Waals surface area contributed by atoms with Crippen LogP contribution in [0.5, 0.6) is 0 Å². The summed E-state index contributed by atoms with van der Waals surface area (Å²) >= 11 is 0. The molecule has 7 heteroatoms. The molecule has 0 fully saturated rings. The van der Waals surface area contributed by atoms with Gasteiger partial charge in [-0.2, -0.15) is 5.10 Å². The second-order valence-electron chi connectivity index (χ2n) is 7.57. The topological polar surface area (TPSA) is 75.9 Å². The predicted molar refractivity (Wildman–Crippen MR) is 127 cm³/mol. The van der Waals surface area contributed by atoms with Gasteiger partial charge in [0.25, 0.3) is 5.91 Å². The van der Waals surface area contributed by atoms with Crippen LogP contribution in [0.25, 0.3) is 5.69 Å². The molecule has 1 aromatic heterocycles. The van der Waals surface area contributed by atoms with Gasteiger partial charge in [-0.3, -0.25) is 4.79 Å². The van der Waals surface area contributed by atoms with Crippen LogP contribution in [0, 0.1) is 13.8 Å². The number of carbonyl (C=O) groups is 2. The minimum Gasteiger partial charge on any atom is -0.462 e. The number of anilines is 1. The summed E-state index contributed by atoms with van der Waals surface area (Å²) in [6.07, 6.45) is 1.64. The van der Waals surface area contributed by atoms with Gasteiger partial charge in [-0.15, -0.1) is 0 Å². The minimum absolute atomic E-state index is 0.270. The van der Waals surface area contributed by atoms with Crippen molar-refractivity contribution in [1.82, 2.24) is 9.99 Å². The highest BCUT2D eigenvalue weighted by Crippen LogP contribution is 2.20. The van der Waals surface area contributed by atoms with E-state index in [4.69, 9.17) is 4.74 Å². The van der Waals surface area contributed by atoms with Crippen molar-refractivity contribution < 1.29 is 14.3 Å². The molecule has 0 saturated carbocycles. The van der Waals surface area contributed by atoms with Crippen LogP contribution in [0.4, 0.5) is 5.69 Å². The van der Waals surface area contributed by atoms with Crippen molar-refractivity contribution in [3.63, 3.8) is 0 Å². The maximum Gasteiger partial charge on any atom is 0.338 e. The van der Waals surface area contributed by atoms with Gasteiger partial charge < -0.3 is 14.2 Å². The summed E-state index contributed by atoms with van der Waals surface area (Å²) in [6.45, 7) is 6.10. The molecule has 1 amide bonds. The van der Waals surface area contributed by atoms with E-state index in [9.17, 15) is 9.59 Å². The number of ether oxygens (including phenoxy) is 1. The minimum atomic E-state index is -0.334. The molecule has 0 aliphatic carbocycles. The number of esters is 1. The number of carbonyl (C=O) groups excluding carboxylic acids is 2. The maximum atomic E-state index is 12.4. The van der Waals surface area contributed by atoms with Gasteiger partial charge in [-0.05, 0) is 69.3 Å². The van der Waals surface area contributed by atoms with E-state index in [-0.39, 0.29) is 11.9 Å². The average molecular weight is 433 g/mol. The molecule has 3 aromatic rings. The number of hydrogen-bond donors (Lipinski definition) is 1. The third-order valence-electron chi connectivity index (χ3n) is 5.10. The number of hydrogen-bond acceptors (Lipinski definition) is 5. The zero-order chi connectivity index (χ0) is 23.3. The molecule has 1 N–H and O–H groups in total. The van der Waals surface area contributed by atoms with Gasteiger partial charge >= 0.3 is 5.97 Å². The number of hydrazone groups is 1. The standard InChI is InChI=1S/C25H28N4O3/c1-6-32-25(31)19-10-12-22(13-11-19)29-17(2)14-21(18(29)3)16-26-27-24(30)20-8-7-9-23(15-20)28(4)5/h7-16H,6H2,1-5H3,(H,27,30)/b26-16-. The summed E-state index contributed by atoms with van der Waals surface area (Å²) < 4.78 is 7.11. The Balaban J connectivity index is 1.75. The molecule has 0 bridgehead atoms. The molecule has 166 valence electrons. The molecule has 3 rings (SSSR count). The highest BCUT2D eigenvalue weighted by Gasteiger charge is 2.12. The van der Waals surface area contributed by atoms with E-state index in [0.29, 0.717) is 17.7 Å². The average Bonchev–Trinajstić information content (AvgIpc) is 3.07. The monoisotopic (exact) mass is 432 g/mol. The number of nitrogens with one attached hydrogen (secondary N) is 1. The second-order valence-corrected chi connectivity index (χ2v) is 7.57. The first-order valence-electron chi connectivity index (χ1n) is 10.4. The van der Waals surface area contributed by atoms with E-state index in [0.717, 1.165) is 28.3 Å². The van der Waals surface area contributed by atoms with E-state index in [1.165, 1.54) is 0 Å². The Hall–Kier alpha value is -3.87. The van der Waals surface area contributed by atoms with Crippen molar-refractivity contribution in [1.29, 1.82) is 0 Å². The van der Waals surface area contributed by atoms with Gasteiger partial charge in [0.2, 0.25) is 0 Å². The molecule has 0 saturated heterocycles. The molecule has 0 radical (unpaired) electrons. The summed E-state index contributed by atoms with van der Waals surface area (Å²) in [7, 11) is 3.85.